The van der Waals surface area contributed by atoms with E-state index in [4.69, 9.17) is 0 Å². The summed E-state index contributed by atoms with van der Waals surface area (Å²) in [6.07, 6.45) is 7.57. The van der Waals surface area contributed by atoms with Gasteiger partial charge in [-0.05, 0) is 51.6 Å². The Bertz CT molecular complexity index is 355. The van der Waals surface area contributed by atoms with Crippen LogP contribution in [-0.2, 0) is 0 Å². The van der Waals surface area contributed by atoms with E-state index in [9.17, 15) is 0 Å². The molecule has 18 heavy (non-hydrogen) atoms. The van der Waals surface area contributed by atoms with E-state index in [1.807, 2.05) is 11.7 Å². The smallest absolute Gasteiger partial charge is 0.0794 e. The molecular weight excluding hydrogens is 242 g/mol. The molecule has 0 aromatic carbocycles. The number of nitrogens with one attached hydrogen (secondary N) is 1. The Labute approximate surface area is 114 Å². The van der Waals surface area contributed by atoms with Crippen molar-refractivity contribution in [3.63, 3.8) is 0 Å². The summed E-state index contributed by atoms with van der Waals surface area (Å²) in [5, 5.41) is 3.54. The normalized spacial score (nSPS) is 26.4. The highest BCUT2D eigenvalue weighted by Gasteiger charge is 2.34. The number of rotatable bonds is 5. The van der Waals surface area contributed by atoms with Crippen molar-refractivity contribution in [3.8, 4) is 0 Å². The van der Waals surface area contributed by atoms with Crippen LogP contribution in [-0.4, -0.2) is 35.6 Å². The molecular formula is C14H23N3S. The molecule has 0 bridgehead atoms. The molecule has 1 saturated heterocycles. The fourth-order valence-corrected chi connectivity index (χ4v) is 3.70. The molecule has 4 heteroatoms. The van der Waals surface area contributed by atoms with E-state index in [2.05, 4.69) is 22.1 Å². The third-order valence-electron chi connectivity index (χ3n) is 4.24. The fourth-order valence-electron chi connectivity index (χ4n) is 3.00. The summed E-state index contributed by atoms with van der Waals surface area (Å²) < 4.78 is 0. The second-order valence-corrected chi connectivity index (χ2v) is 6.64. The van der Waals surface area contributed by atoms with Crippen molar-refractivity contribution >= 4 is 11.3 Å². The van der Waals surface area contributed by atoms with E-state index >= 15 is 0 Å². The molecule has 1 aliphatic heterocycles. The Kier molecular flexibility index (Phi) is 3.97. The van der Waals surface area contributed by atoms with Gasteiger partial charge in [-0.15, -0.1) is 11.3 Å². The molecule has 3 nitrogen and oxygen atoms in total. The maximum Gasteiger partial charge on any atom is 0.0794 e. The molecule has 1 aromatic heterocycles. The monoisotopic (exact) mass is 265 g/mol. The van der Waals surface area contributed by atoms with Gasteiger partial charge in [-0.2, -0.15) is 0 Å². The van der Waals surface area contributed by atoms with Crippen LogP contribution >= 0.6 is 11.3 Å². The summed E-state index contributed by atoms with van der Waals surface area (Å²) in [7, 11) is 0. The average Bonchev–Trinajstić information content (AvgIpc) is 3.10. The average molecular weight is 265 g/mol. The molecule has 3 rings (SSSR count). The van der Waals surface area contributed by atoms with E-state index in [1.54, 1.807) is 11.3 Å². The molecule has 2 fully saturated rings. The van der Waals surface area contributed by atoms with Gasteiger partial charge in [0.25, 0.3) is 0 Å². The second kappa shape index (κ2) is 5.68. The van der Waals surface area contributed by atoms with Gasteiger partial charge < -0.3 is 5.32 Å². The molecule has 2 atom stereocenters. The predicted molar refractivity (Wildman–Crippen MR) is 75.9 cm³/mol. The molecule has 100 valence electrons. The van der Waals surface area contributed by atoms with Gasteiger partial charge in [0.05, 0.1) is 5.51 Å². The van der Waals surface area contributed by atoms with Crippen molar-refractivity contribution in [3.05, 3.63) is 16.6 Å². The molecule has 1 saturated carbocycles. The molecule has 1 N–H and O–H groups in total. The lowest BCUT2D eigenvalue weighted by Crippen LogP contribution is -2.40. The Balaban J connectivity index is 1.64. The number of thiazole rings is 1. The van der Waals surface area contributed by atoms with Crippen molar-refractivity contribution in [1.82, 2.24) is 15.2 Å². The third-order valence-corrected chi connectivity index (χ3v) is 5.19. The van der Waals surface area contributed by atoms with E-state index in [0.717, 1.165) is 12.0 Å². The van der Waals surface area contributed by atoms with Crippen LogP contribution in [0.1, 0.15) is 43.5 Å². The summed E-state index contributed by atoms with van der Waals surface area (Å²) >= 11 is 1.80. The predicted octanol–water partition coefficient (Wildman–Crippen LogP) is 2.67. The summed E-state index contributed by atoms with van der Waals surface area (Å²) in [4.78, 5) is 8.38. The molecule has 0 spiro atoms. The zero-order chi connectivity index (χ0) is 12.4. The largest absolute Gasteiger partial charge is 0.316 e. The van der Waals surface area contributed by atoms with Gasteiger partial charge in [-0.1, -0.05) is 0 Å². The number of nitrogens with zero attached hydrogens (tertiary/aromatic N) is 2. The first kappa shape index (κ1) is 12.6. The third kappa shape index (κ3) is 2.92. The first-order valence-electron chi connectivity index (χ1n) is 7.19. The molecule has 2 heterocycles. The molecule has 2 unspecified atom stereocenters. The van der Waals surface area contributed by atoms with E-state index in [0.29, 0.717) is 6.04 Å². The summed E-state index contributed by atoms with van der Waals surface area (Å²) in [5.41, 5.74) is 1.96. The van der Waals surface area contributed by atoms with Gasteiger partial charge in [0.2, 0.25) is 0 Å². The van der Waals surface area contributed by atoms with Crippen LogP contribution in [0, 0.1) is 5.92 Å². The zero-order valence-electron chi connectivity index (χ0n) is 11.1. The van der Waals surface area contributed by atoms with Crippen LogP contribution in [0.25, 0.3) is 0 Å². The minimum atomic E-state index is 0.548. The van der Waals surface area contributed by atoms with E-state index in [-0.39, 0.29) is 0 Å². The highest BCUT2D eigenvalue weighted by atomic mass is 32.1. The van der Waals surface area contributed by atoms with Gasteiger partial charge in [0.15, 0.2) is 0 Å². The van der Waals surface area contributed by atoms with Crippen LogP contribution < -0.4 is 5.32 Å². The standard InChI is InChI=1S/C14H23N3S/c1-11(14-8-16-10-18-14)17(13-4-5-13)9-12-3-2-6-15-7-12/h8,10-13,15H,2-7,9H2,1H3. The Morgan fingerprint density at radius 2 is 2.39 bits per heavy atom. The van der Waals surface area contributed by atoms with Gasteiger partial charge >= 0.3 is 0 Å². The van der Waals surface area contributed by atoms with E-state index < -0.39 is 0 Å². The lowest BCUT2D eigenvalue weighted by molar-refractivity contribution is 0.156. The van der Waals surface area contributed by atoms with Crippen LogP contribution in [0.15, 0.2) is 11.7 Å². The first-order valence-corrected chi connectivity index (χ1v) is 8.07. The molecule has 0 radical (unpaired) electrons. The zero-order valence-corrected chi connectivity index (χ0v) is 12.0. The van der Waals surface area contributed by atoms with Crippen molar-refractivity contribution in [1.29, 1.82) is 0 Å². The Hall–Kier alpha value is -0.450. The van der Waals surface area contributed by atoms with Gasteiger partial charge in [0.1, 0.15) is 0 Å². The highest BCUT2D eigenvalue weighted by molar-refractivity contribution is 7.09. The molecule has 1 aliphatic carbocycles. The lowest BCUT2D eigenvalue weighted by atomic mass is 9.98. The number of aromatic nitrogens is 1. The quantitative estimate of drug-likeness (QED) is 0.887. The van der Waals surface area contributed by atoms with Crippen LogP contribution in [0.3, 0.4) is 0 Å². The molecule has 1 aromatic rings. The van der Waals surface area contributed by atoms with Crippen molar-refractivity contribution < 1.29 is 0 Å². The number of piperidine rings is 1. The first-order chi connectivity index (χ1) is 8.84. The van der Waals surface area contributed by atoms with Gasteiger partial charge in [0, 0.05) is 29.7 Å². The van der Waals surface area contributed by atoms with Gasteiger partial charge in [-0.25, -0.2) is 0 Å². The highest BCUT2D eigenvalue weighted by Crippen LogP contribution is 2.36. The van der Waals surface area contributed by atoms with E-state index in [1.165, 1.54) is 50.2 Å². The summed E-state index contributed by atoms with van der Waals surface area (Å²) in [5.74, 6) is 0.842. The fraction of sp³-hybridized carbons (Fsp3) is 0.786. The van der Waals surface area contributed by atoms with Crippen molar-refractivity contribution in [2.24, 2.45) is 5.92 Å². The minimum absolute atomic E-state index is 0.548. The number of hydrogen-bond acceptors (Lipinski definition) is 4. The topological polar surface area (TPSA) is 28.2 Å². The van der Waals surface area contributed by atoms with Crippen LogP contribution in [0.4, 0.5) is 0 Å². The Morgan fingerprint density at radius 3 is 3.00 bits per heavy atom. The van der Waals surface area contributed by atoms with Crippen LogP contribution in [0.5, 0.6) is 0 Å². The van der Waals surface area contributed by atoms with Gasteiger partial charge in [-0.3, -0.25) is 9.88 Å². The maximum absolute atomic E-state index is 4.23. The second-order valence-electron chi connectivity index (χ2n) is 5.72. The van der Waals surface area contributed by atoms with Crippen molar-refractivity contribution in [2.45, 2.75) is 44.7 Å². The molecule has 2 aliphatic rings. The number of hydrogen-bond donors (Lipinski definition) is 1. The summed E-state index contributed by atoms with van der Waals surface area (Å²) in [6.45, 7) is 6.03. The Morgan fingerprint density at radius 1 is 1.50 bits per heavy atom. The van der Waals surface area contributed by atoms with Crippen molar-refractivity contribution in [2.75, 3.05) is 19.6 Å². The SMILES string of the molecule is CC(c1cncs1)N(CC1CCCNC1)C1CC1. The summed E-state index contributed by atoms with van der Waals surface area (Å²) in [6, 6.07) is 1.39. The molecule has 0 amide bonds. The minimum Gasteiger partial charge on any atom is -0.316 e. The lowest BCUT2D eigenvalue weighted by Gasteiger charge is -2.33. The maximum atomic E-state index is 4.23. The van der Waals surface area contributed by atoms with Crippen LogP contribution in [0.2, 0.25) is 0 Å².